The van der Waals surface area contributed by atoms with Crippen LogP contribution in [-0.4, -0.2) is 11.7 Å². The second kappa shape index (κ2) is 14.2. The summed E-state index contributed by atoms with van der Waals surface area (Å²) in [7, 11) is 0. The topological polar surface area (TPSA) is 88.5 Å². The quantitative estimate of drug-likeness (QED) is 0.138. The van der Waals surface area contributed by atoms with Crippen LogP contribution < -0.4 is 5.73 Å². The molecular formula is C54H41N3O2. The fourth-order valence-corrected chi connectivity index (χ4v) is 8.75. The molecular weight excluding hydrogens is 723 g/mol. The molecule has 0 saturated heterocycles. The van der Waals surface area contributed by atoms with Crippen LogP contribution in [0.25, 0.3) is 77.3 Å². The van der Waals surface area contributed by atoms with Gasteiger partial charge in [-0.15, -0.1) is 0 Å². The first kappa shape index (κ1) is 35.9. The molecule has 0 bridgehead atoms. The van der Waals surface area contributed by atoms with Crippen LogP contribution in [0.4, 0.5) is 0 Å². The third-order valence-electron chi connectivity index (χ3n) is 11.8. The maximum Gasteiger partial charge on any atom is 0.154 e. The Hall–Kier alpha value is -7.50. The van der Waals surface area contributed by atoms with Crippen LogP contribution in [0.15, 0.2) is 190 Å². The minimum absolute atomic E-state index is 0.0188. The number of para-hydroxylation sites is 1. The Morgan fingerprint density at radius 2 is 1.10 bits per heavy atom. The molecule has 0 unspecified atom stereocenters. The first-order valence-corrected chi connectivity index (χ1v) is 19.9. The molecule has 1 aliphatic rings. The zero-order chi connectivity index (χ0) is 40.3. The number of nitrogens with two attached hydrogens (primary N) is 1. The molecule has 10 aromatic rings. The van der Waals surface area contributed by atoms with E-state index in [0.29, 0.717) is 11.4 Å². The Bertz CT molecular complexity index is 3280. The third-order valence-corrected chi connectivity index (χ3v) is 11.8. The number of nitrogens with one attached hydrogen (secondary N) is 1. The number of rotatable bonds is 4. The second-order valence-corrected chi connectivity index (χ2v) is 15.8. The molecule has 59 heavy (non-hydrogen) atoms. The van der Waals surface area contributed by atoms with E-state index in [2.05, 4.69) is 117 Å². The second-order valence-electron chi connectivity index (χ2n) is 15.8. The van der Waals surface area contributed by atoms with Crippen LogP contribution in [0.2, 0.25) is 0 Å². The van der Waals surface area contributed by atoms with Gasteiger partial charge in [-0.2, -0.15) is 0 Å². The molecule has 5 nitrogen and oxygen atoms in total. The number of aliphatic imine (C=N–C) groups is 1. The van der Waals surface area contributed by atoms with Gasteiger partial charge in [-0.1, -0.05) is 153 Å². The van der Waals surface area contributed by atoms with Crippen molar-refractivity contribution in [3.63, 3.8) is 0 Å². The van der Waals surface area contributed by atoms with E-state index >= 15 is 0 Å². The molecule has 0 saturated carbocycles. The summed E-state index contributed by atoms with van der Waals surface area (Å²) in [5.41, 5.74) is 22.8. The molecule has 284 valence electrons. The number of hydrogen-bond acceptors (Lipinski definition) is 3. The first-order chi connectivity index (χ1) is 28.7. The summed E-state index contributed by atoms with van der Waals surface area (Å²) >= 11 is 0. The van der Waals surface area contributed by atoms with Crippen molar-refractivity contribution in [2.45, 2.75) is 26.2 Å². The highest BCUT2D eigenvalue weighted by Crippen LogP contribution is 2.49. The van der Waals surface area contributed by atoms with Crippen molar-refractivity contribution in [2.75, 3.05) is 0 Å². The van der Waals surface area contributed by atoms with Gasteiger partial charge < -0.3 is 14.6 Å². The van der Waals surface area contributed by atoms with Gasteiger partial charge in [0.05, 0.1) is 0 Å². The lowest BCUT2D eigenvalue weighted by molar-refractivity contribution is 0.660. The monoisotopic (exact) mass is 763 g/mol. The molecule has 2 heterocycles. The molecule has 8 aromatic carbocycles. The minimum atomic E-state index is 0.0188. The average Bonchev–Trinajstić information content (AvgIpc) is 3.92. The Morgan fingerprint density at radius 3 is 1.92 bits per heavy atom. The van der Waals surface area contributed by atoms with Crippen molar-refractivity contribution in [1.82, 2.24) is 0 Å². The Morgan fingerprint density at radius 1 is 0.508 bits per heavy atom. The van der Waals surface area contributed by atoms with Crippen molar-refractivity contribution in [1.29, 1.82) is 5.41 Å². The lowest BCUT2D eigenvalue weighted by Crippen LogP contribution is -2.16. The zero-order valence-corrected chi connectivity index (χ0v) is 33.1. The lowest BCUT2D eigenvalue weighted by Gasteiger charge is -2.22. The first-order valence-electron chi connectivity index (χ1n) is 19.9. The molecule has 0 fully saturated rings. The Balaban J connectivity index is 0.000000143. The lowest BCUT2D eigenvalue weighted by atomic mass is 9.81. The van der Waals surface area contributed by atoms with Gasteiger partial charge in [-0.25, -0.2) is 4.99 Å². The molecule has 1 aliphatic carbocycles. The van der Waals surface area contributed by atoms with E-state index in [1.807, 2.05) is 84.9 Å². The van der Waals surface area contributed by atoms with E-state index in [1.165, 1.54) is 49.7 Å². The summed E-state index contributed by atoms with van der Waals surface area (Å²) < 4.78 is 12.0. The number of aryl methyl sites for hydroxylation is 1. The SMILES string of the molecule is Cc1cccc2oc3ccc(-c4ccc5c(c4)C(C)(C)c4ccccc4-5)cc3c12.N=C(N=C(N)c1cccc2oc3ccccc3c12)c1ccc(-c2ccccc2)cc1. The van der Waals surface area contributed by atoms with E-state index in [4.69, 9.17) is 20.0 Å². The van der Waals surface area contributed by atoms with Crippen LogP contribution in [-0.2, 0) is 5.41 Å². The van der Waals surface area contributed by atoms with Crippen LogP contribution in [0.5, 0.6) is 0 Å². The van der Waals surface area contributed by atoms with E-state index < -0.39 is 0 Å². The number of benzene rings is 8. The fraction of sp³-hybridized carbons (Fsp3) is 0.0741. The van der Waals surface area contributed by atoms with Crippen molar-refractivity contribution in [3.05, 3.63) is 204 Å². The Labute approximate surface area is 342 Å². The standard InChI is InChI=1S/C28H22O.C26H19N3O/c1-17-7-6-10-26-27(17)22-15-18(12-14-25(22)29-26)19-11-13-21-20-8-4-5-9-23(20)28(2,3)24(21)16-19;27-25(19-15-13-18(14-16-19)17-7-2-1-3-8-17)29-26(28)21-10-6-12-23-24(21)20-9-4-5-11-22(20)30-23/h4-16H,1-3H3;1-16H,(H3,27,28,29). The average molecular weight is 764 g/mol. The van der Waals surface area contributed by atoms with Crippen LogP contribution >= 0.6 is 0 Å². The predicted octanol–water partition coefficient (Wildman–Crippen LogP) is 13.9. The fourth-order valence-electron chi connectivity index (χ4n) is 8.75. The van der Waals surface area contributed by atoms with Gasteiger partial charge in [0, 0.05) is 38.1 Å². The predicted molar refractivity (Wildman–Crippen MR) is 245 cm³/mol. The van der Waals surface area contributed by atoms with Gasteiger partial charge in [-0.3, -0.25) is 5.41 Å². The molecule has 0 radical (unpaired) electrons. The van der Waals surface area contributed by atoms with E-state index in [0.717, 1.165) is 49.8 Å². The molecule has 0 aliphatic heterocycles. The maximum absolute atomic E-state index is 8.43. The molecule has 0 atom stereocenters. The number of hydrogen-bond donors (Lipinski definition) is 2. The normalized spacial score (nSPS) is 13.0. The smallest absolute Gasteiger partial charge is 0.154 e. The van der Waals surface area contributed by atoms with Gasteiger partial charge in [0.15, 0.2) is 5.84 Å². The van der Waals surface area contributed by atoms with Crippen LogP contribution in [0.1, 0.15) is 41.7 Å². The highest BCUT2D eigenvalue weighted by atomic mass is 16.3. The summed E-state index contributed by atoms with van der Waals surface area (Å²) in [6, 6.07) is 60.0. The minimum Gasteiger partial charge on any atom is -0.456 e. The third kappa shape index (κ3) is 6.19. The van der Waals surface area contributed by atoms with Gasteiger partial charge >= 0.3 is 0 Å². The van der Waals surface area contributed by atoms with E-state index in [9.17, 15) is 0 Å². The van der Waals surface area contributed by atoms with Gasteiger partial charge in [0.2, 0.25) is 0 Å². The highest BCUT2D eigenvalue weighted by Gasteiger charge is 2.35. The number of amidine groups is 2. The van der Waals surface area contributed by atoms with Gasteiger partial charge in [0.1, 0.15) is 28.2 Å². The van der Waals surface area contributed by atoms with Crippen molar-refractivity contribution in [2.24, 2.45) is 10.7 Å². The summed E-state index contributed by atoms with van der Waals surface area (Å²) in [5.74, 6) is 0.418. The molecule has 3 N–H and O–H groups in total. The largest absolute Gasteiger partial charge is 0.456 e. The van der Waals surface area contributed by atoms with Gasteiger partial charge in [0.25, 0.3) is 0 Å². The van der Waals surface area contributed by atoms with E-state index in [1.54, 1.807) is 0 Å². The molecule has 0 amide bonds. The summed E-state index contributed by atoms with van der Waals surface area (Å²) in [5, 5.41) is 12.7. The number of furan rings is 2. The number of nitrogens with zero attached hydrogens (tertiary/aromatic N) is 1. The van der Waals surface area contributed by atoms with Crippen molar-refractivity contribution >= 4 is 55.5 Å². The van der Waals surface area contributed by atoms with Gasteiger partial charge in [-0.05, 0) is 93.4 Å². The van der Waals surface area contributed by atoms with Crippen LogP contribution in [0.3, 0.4) is 0 Å². The van der Waals surface area contributed by atoms with Crippen LogP contribution in [0, 0.1) is 12.3 Å². The molecule has 11 rings (SSSR count). The summed E-state index contributed by atoms with van der Waals surface area (Å²) in [6.45, 7) is 6.81. The number of fused-ring (bicyclic) bond motifs is 9. The Kier molecular flexibility index (Phi) is 8.61. The maximum atomic E-state index is 8.43. The molecule has 5 heteroatoms. The zero-order valence-electron chi connectivity index (χ0n) is 33.1. The molecule has 0 spiro atoms. The van der Waals surface area contributed by atoms with Crippen molar-refractivity contribution < 1.29 is 8.83 Å². The van der Waals surface area contributed by atoms with Crippen molar-refractivity contribution in [3.8, 4) is 33.4 Å². The van der Waals surface area contributed by atoms with E-state index in [-0.39, 0.29) is 11.3 Å². The summed E-state index contributed by atoms with van der Waals surface area (Å²) in [4.78, 5) is 4.39. The highest BCUT2D eigenvalue weighted by molar-refractivity contribution is 6.20. The molecule has 2 aromatic heterocycles. The summed E-state index contributed by atoms with van der Waals surface area (Å²) in [6.07, 6.45) is 0.